The Labute approximate surface area is 135 Å². The van der Waals surface area contributed by atoms with Crippen molar-refractivity contribution in [3.63, 3.8) is 0 Å². The first-order valence-electron chi connectivity index (χ1n) is 7.63. The fourth-order valence-corrected chi connectivity index (χ4v) is 2.39. The van der Waals surface area contributed by atoms with Crippen LogP contribution < -0.4 is 10.2 Å². The molecule has 7 heteroatoms. The average molecular weight is 326 g/mol. The molecule has 0 saturated carbocycles. The van der Waals surface area contributed by atoms with Gasteiger partial charge in [0, 0.05) is 12.6 Å². The van der Waals surface area contributed by atoms with Crippen molar-refractivity contribution in [3.05, 3.63) is 24.0 Å². The van der Waals surface area contributed by atoms with Crippen LogP contribution in [0, 0.1) is 5.82 Å². The quantitative estimate of drug-likeness (QED) is 0.833. The molecule has 23 heavy (non-hydrogen) atoms. The van der Waals surface area contributed by atoms with Crippen LogP contribution in [-0.4, -0.2) is 41.0 Å². The second kappa shape index (κ2) is 7.04. The Balaban J connectivity index is 2.02. The number of hydrogen-bond donors (Lipinski definition) is 2. The van der Waals surface area contributed by atoms with Gasteiger partial charge in [-0.2, -0.15) is 0 Å². The smallest absolute Gasteiger partial charge is 0.410 e. The number of ether oxygens (including phenoxy) is 2. The highest BCUT2D eigenvalue weighted by Crippen LogP contribution is 2.28. The summed E-state index contributed by atoms with van der Waals surface area (Å²) in [6, 6.07) is 3.81. The summed E-state index contributed by atoms with van der Waals surface area (Å²) in [6.45, 7) is 6.40. The number of likely N-dealkylation sites (tertiary alicyclic amines) is 1. The molecule has 2 rings (SSSR count). The Morgan fingerprint density at radius 1 is 1.43 bits per heavy atom. The Bertz CT molecular complexity index is 560. The lowest BCUT2D eigenvalue weighted by Crippen LogP contribution is -2.46. The van der Waals surface area contributed by atoms with Gasteiger partial charge in [-0.1, -0.05) is 0 Å². The number of amides is 1. The zero-order valence-corrected chi connectivity index (χ0v) is 13.6. The summed E-state index contributed by atoms with van der Waals surface area (Å²) in [5.74, 6) is -0.248. The number of benzene rings is 1. The second-order valence-electron chi connectivity index (χ2n) is 6.56. The van der Waals surface area contributed by atoms with Gasteiger partial charge in [0.1, 0.15) is 29.0 Å². The van der Waals surface area contributed by atoms with E-state index < -0.39 is 11.4 Å². The molecule has 1 aliphatic heterocycles. The van der Waals surface area contributed by atoms with E-state index in [2.05, 4.69) is 0 Å². The zero-order chi connectivity index (χ0) is 17.0. The first-order valence-corrected chi connectivity index (χ1v) is 7.63. The molecule has 1 aromatic carbocycles. The Kier molecular flexibility index (Phi) is 5.30. The zero-order valence-electron chi connectivity index (χ0n) is 13.6. The molecule has 1 saturated heterocycles. The fourth-order valence-electron chi connectivity index (χ4n) is 2.39. The summed E-state index contributed by atoms with van der Waals surface area (Å²) < 4.78 is 24.5. The summed E-state index contributed by atoms with van der Waals surface area (Å²) in [6.07, 6.45) is 0.831. The van der Waals surface area contributed by atoms with E-state index in [1.165, 1.54) is 18.2 Å². The molecule has 2 N–H and O–H groups in total. The Morgan fingerprint density at radius 2 is 2.17 bits per heavy atom. The van der Waals surface area contributed by atoms with E-state index in [-0.39, 0.29) is 23.6 Å². The van der Waals surface area contributed by atoms with E-state index in [4.69, 9.17) is 14.7 Å². The summed E-state index contributed by atoms with van der Waals surface area (Å²) in [5, 5.41) is 9.07. The second-order valence-corrected chi connectivity index (χ2v) is 6.56. The van der Waals surface area contributed by atoms with Crippen molar-refractivity contribution in [3.8, 4) is 5.75 Å². The van der Waals surface area contributed by atoms with Crippen LogP contribution in [0.15, 0.2) is 18.2 Å². The van der Waals surface area contributed by atoms with Gasteiger partial charge >= 0.3 is 6.09 Å². The fraction of sp³-hybridized carbons (Fsp3) is 0.562. The lowest BCUT2D eigenvalue weighted by Gasteiger charge is -2.34. The largest absolute Gasteiger partial charge is 0.486 e. The third-order valence-electron chi connectivity index (χ3n) is 3.39. The van der Waals surface area contributed by atoms with Crippen molar-refractivity contribution < 1.29 is 23.9 Å². The van der Waals surface area contributed by atoms with E-state index in [0.717, 1.165) is 12.8 Å². The highest BCUT2D eigenvalue weighted by molar-refractivity contribution is 5.68. The summed E-state index contributed by atoms with van der Waals surface area (Å²) >= 11 is 0. The molecule has 1 aliphatic rings. The number of carbonyl (C=O) groups is 1. The van der Waals surface area contributed by atoms with Crippen LogP contribution in [0.4, 0.5) is 14.9 Å². The van der Waals surface area contributed by atoms with Crippen LogP contribution in [0.1, 0.15) is 33.6 Å². The van der Waals surface area contributed by atoms with Crippen molar-refractivity contribution in [2.24, 2.45) is 0 Å². The van der Waals surface area contributed by atoms with E-state index in [9.17, 15) is 9.18 Å². The topological polar surface area (TPSA) is 71.0 Å². The molecule has 0 spiro atoms. The molecule has 0 aliphatic carbocycles. The molecule has 128 valence electrons. The summed E-state index contributed by atoms with van der Waals surface area (Å²) in [4.78, 5) is 13.7. The number of hydrogen-bond acceptors (Lipinski definition) is 5. The normalized spacial score (nSPS) is 18.5. The molecular formula is C16H23FN2O4. The number of rotatable bonds is 3. The molecule has 1 aromatic rings. The van der Waals surface area contributed by atoms with E-state index in [1.54, 1.807) is 4.90 Å². The first kappa shape index (κ1) is 17.3. The minimum atomic E-state index is -0.554. The number of nitrogens with zero attached hydrogens (tertiary/aromatic N) is 1. The van der Waals surface area contributed by atoms with Gasteiger partial charge in [-0.25, -0.2) is 9.18 Å². The average Bonchev–Trinajstić information content (AvgIpc) is 2.46. The third-order valence-corrected chi connectivity index (χ3v) is 3.39. The van der Waals surface area contributed by atoms with Crippen molar-refractivity contribution in [2.75, 3.05) is 18.6 Å². The van der Waals surface area contributed by atoms with Crippen molar-refractivity contribution >= 4 is 11.8 Å². The molecule has 1 fully saturated rings. The van der Waals surface area contributed by atoms with Crippen LogP contribution in [0.2, 0.25) is 0 Å². The van der Waals surface area contributed by atoms with Gasteiger partial charge in [-0.3, -0.25) is 10.7 Å². The van der Waals surface area contributed by atoms with Crippen LogP contribution in [0.25, 0.3) is 0 Å². The standard InChI is InChI=1S/C16H23FN2O4/c1-16(2,3)23-15(20)19-8-4-5-12(10-19)22-14-9-11(17)6-7-13(14)18-21/h6-7,9,12,18,21H,4-5,8,10H2,1-3H3. The molecule has 1 amide bonds. The van der Waals surface area contributed by atoms with Crippen molar-refractivity contribution in [2.45, 2.75) is 45.3 Å². The van der Waals surface area contributed by atoms with Gasteiger partial charge in [-0.15, -0.1) is 0 Å². The molecule has 0 bridgehead atoms. The van der Waals surface area contributed by atoms with Crippen molar-refractivity contribution in [1.29, 1.82) is 0 Å². The monoisotopic (exact) mass is 326 g/mol. The predicted octanol–water partition coefficient (Wildman–Crippen LogP) is 3.41. The van der Waals surface area contributed by atoms with Gasteiger partial charge in [-0.05, 0) is 45.7 Å². The van der Waals surface area contributed by atoms with Crippen molar-refractivity contribution in [1.82, 2.24) is 4.90 Å². The van der Waals surface area contributed by atoms with Crippen LogP contribution in [-0.2, 0) is 4.74 Å². The van der Waals surface area contributed by atoms with Gasteiger partial charge in [0.15, 0.2) is 0 Å². The van der Waals surface area contributed by atoms with Crippen LogP contribution in [0.3, 0.4) is 0 Å². The molecule has 0 aromatic heterocycles. The Morgan fingerprint density at radius 3 is 2.83 bits per heavy atom. The maximum absolute atomic E-state index is 13.4. The van der Waals surface area contributed by atoms with E-state index >= 15 is 0 Å². The molecular weight excluding hydrogens is 303 g/mol. The minimum Gasteiger partial charge on any atom is -0.486 e. The Hall–Kier alpha value is -2.02. The van der Waals surface area contributed by atoms with Gasteiger partial charge in [0.2, 0.25) is 0 Å². The maximum Gasteiger partial charge on any atom is 0.410 e. The summed E-state index contributed by atoms with van der Waals surface area (Å²) in [5.41, 5.74) is 1.70. The third kappa shape index (κ3) is 4.99. The lowest BCUT2D eigenvalue weighted by molar-refractivity contribution is 0.00776. The highest BCUT2D eigenvalue weighted by Gasteiger charge is 2.29. The minimum absolute atomic E-state index is 0.212. The van der Waals surface area contributed by atoms with E-state index in [1.807, 2.05) is 26.3 Å². The number of halogens is 1. The predicted molar refractivity (Wildman–Crippen MR) is 83.3 cm³/mol. The summed E-state index contributed by atoms with van der Waals surface area (Å²) in [7, 11) is 0. The molecule has 0 radical (unpaired) electrons. The van der Waals surface area contributed by atoms with Crippen LogP contribution >= 0.6 is 0 Å². The highest BCUT2D eigenvalue weighted by atomic mass is 19.1. The van der Waals surface area contributed by atoms with Gasteiger partial charge in [0.05, 0.1) is 6.54 Å². The first-order chi connectivity index (χ1) is 10.8. The van der Waals surface area contributed by atoms with E-state index in [0.29, 0.717) is 13.1 Å². The molecule has 1 heterocycles. The molecule has 1 atom stereocenters. The molecule has 6 nitrogen and oxygen atoms in total. The number of nitrogens with one attached hydrogen (secondary N) is 1. The number of anilines is 1. The lowest BCUT2D eigenvalue weighted by atomic mass is 10.1. The molecule has 1 unspecified atom stereocenters. The van der Waals surface area contributed by atoms with Crippen LogP contribution in [0.5, 0.6) is 5.75 Å². The van der Waals surface area contributed by atoms with Gasteiger partial charge in [0.25, 0.3) is 0 Å². The van der Waals surface area contributed by atoms with Gasteiger partial charge < -0.3 is 14.4 Å². The maximum atomic E-state index is 13.4. The number of piperidine rings is 1. The SMILES string of the molecule is CC(C)(C)OC(=O)N1CCCC(Oc2cc(F)ccc2NO)C1. The number of carbonyl (C=O) groups excluding carboxylic acids is 1.